The third-order valence-electron chi connectivity index (χ3n) is 3.72. The number of amides is 1. The number of nitrogens with one attached hydrogen (secondary N) is 1. The highest BCUT2D eigenvalue weighted by Crippen LogP contribution is 2.24. The first-order valence-corrected chi connectivity index (χ1v) is 8.27. The molecule has 25 heavy (non-hydrogen) atoms. The topological polar surface area (TPSA) is 64.6 Å². The minimum absolute atomic E-state index is 0.319. The van der Waals surface area contributed by atoms with Crippen LogP contribution in [-0.2, 0) is 4.74 Å². The van der Waals surface area contributed by atoms with Crippen LogP contribution in [0.4, 0.5) is 10.5 Å². The molecule has 2 aromatic carbocycles. The molecule has 0 saturated carbocycles. The Balaban J connectivity index is 2.03. The Bertz CT molecular complexity index is 751. The van der Waals surface area contributed by atoms with Crippen LogP contribution in [0.3, 0.4) is 0 Å². The molecule has 2 rings (SSSR count). The number of hydrogen-bond donors (Lipinski definition) is 1. The first-order chi connectivity index (χ1) is 11.9. The number of ether oxygens (including phenoxy) is 2. The van der Waals surface area contributed by atoms with Gasteiger partial charge < -0.3 is 9.47 Å². The summed E-state index contributed by atoms with van der Waals surface area (Å²) in [5.74, 6) is 0.492. The van der Waals surface area contributed by atoms with Gasteiger partial charge in [-0.15, -0.1) is 0 Å². The van der Waals surface area contributed by atoms with Gasteiger partial charge in [-0.25, -0.2) is 9.59 Å². The quantitative estimate of drug-likeness (QED) is 0.785. The van der Waals surface area contributed by atoms with Crippen molar-refractivity contribution in [2.45, 2.75) is 33.6 Å². The van der Waals surface area contributed by atoms with E-state index in [-0.39, 0.29) is 0 Å². The van der Waals surface area contributed by atoms with E-state index in [1.807, 2.05) is 25.1 Å². The van der Waals surface area contributed by atoms with Gasteiger partial charge in [-0.1, -0.05) is 26.0 Å². The molecule has 0 aliphatic heterocycles. The number of rotatable bonds is 5. The first-order valence-electron chi connectivity index (χ1n) is 8.27. The largest absolute Gasteiger partial charge is 0.462 e. The van der Waals surface area contributed by atoms with Crippen molar-refractivity contribution >= 4 is 17.7 Å². The van der Waals surface area contributed by atoms with Crippen LogP contribution in [-0.4, -0.2) is 18.7 Å². The molecule has 0 aliphatic carbocycles. The number of hydrogen-bond acceptors (Lipinski definition) is 4. The van der Waals surface area contributed by atoms with E-state index in [1.165, 1.54) is 0 Å². The minimum Gasteiger partial charge on any atom is -0.462 e. The van der Waals surface area contributed by atoms with Crippen molar-refractivity contribution < 1.29 is 19.1 Å². The molecule has 0 fully saturated rings. The van der Waals surface area contributed by atoms with E-state index in [2.05, 4.69) is 19.2 Å². The average molecular weight is 341 g/mol. The summed E-state index contributed by atoms with van der Waals surface area (Å²) in [6.45, 7) is 8.13. The van der Waals surface area contributed by atoms with Crippen LogP contribution in [0.5, 0.6) is 5.75 Å². The van der Waals surface area contributed by atoms with Crippen molar-refractivity contribution in [2.24, 2.45) is 0 Å². The number of carbonyl (C=O) groups is 2. The van der Waals surface area contributed by atoms with Gasteiger partial charge in [0, 0.05) is 5.69 Å². The predicted molar refractivity (Wildman–Crippen MR) is 97.3 cm³/mol. The fourth-order valence-electron chi connectivity index (χ4n) is 2.23. The molecule has 0 bridgehead atoms. The van der Waals surface area contributed by atoms with E-state index in [0.29, 0.717) is 29.5 Å². The van der Waals surface area contributed by atoms with Crippen LogP contribution in [0, 0.1) is 6.92 Å². The van der Waals surface area contributed by atoms with Crippen LogP contribution in [0.1, 0.15) is 48.2 Å². The molecular weight excluding hydrogens is 318 g/mol. The Morgan fingerprint density at radius 3 is 2.36 bits per heavy atom. The molecule has 1 amide bonds. The summed E-state index contributed by atoms with van der Waals surface area (Å²) < 4.78 is 10.3. The summed E-state index contributed by atoms with van der Waals surface area (Å²) in [5, 5.41) is 2.65. The van der Waals surface area contributed by atoms with Crippen LogP contribution in [0.15, 0.2) is 42.5 Å². The molecule has 0 spiro atoms. The molecule has 0 heterocycles. The van der Waals surface area contributed by atoms with Gasteiger partial charge in [0.05, 0.1) is 12.2 Å². The first kappa shape index (κ1) is 18.5. The summed E-state index contributed by atoms with van der Waals surface area (Å²) in [7, 11) is 0. The fourth-order valence-corrected chi connectivity index (χ4v) is 2.23. The van der Waals surface area contributed by atoms with Crippen LogP contribution < -0.4 is 10.1 Å². The zero-order valence-corrected chi connectivity index (χ0v) is 15.0. The highest BCUT2D eigenvalue weighted by molar-refractivity contribution is 5.91. The maximum absolute atomic E-state index is 12.1. The molecule has 132 valence electrons. The lowest BCUT2D eigenvalue weighted by molar-refractivity contribution is 0.0526. The minimum atomic E-state index is -0.576. The third kappa shape index (κ3) is 5.08. The van der Waals surface area contributed by atoms with Crippen molar-refractivity contribution in [3.8, 4) is 5.75 Å². The third-order valence-corrected chi connectivity index (χ3v) is 3.72. The van der Waals surface area contributed by atoms with E-state index < -0.39 is 12.1 Å². The molecular formula is C20H23NO4. The zero-order chi connectivity index (χ0) is 18.4. The molecule has 0 atom stereocenters. The van der Waals surface area contributed by atoms with Crippen molar-refractivity contribution in [1.29, 1.82) is 0 Å². The maximum Gasteiger partial charge on any atom is 0.417 e. The standard InChI is InChI=1S/C20H23NO4/c1-5-24-19(22)15-8-10-17(11-9-15)21-20(23)25-18-12-16(13(2)3)7-6-14(18)4/h6-13H,5H2,1-4H3,(H,21,23). The van der Waals surface area contributed by atoms with Crippen LogP contribution >= 0.6 is 0 Å². The van der Waals surface area contributed by atoms with Crippen molar-refractivity contribution in [2.75, 3.05) is 11.9 Å². The Hall–Kier alpha value is -2.82. The van der Waals surface area contributed by atoms with Gasteiger partial charge in [0.15, 0.2) is 0 Å². The normalized spacial score (nSPS) is 10.4. The SMILES string of the molecule is CCOC(=O)c1ccc(NC(=O)Oc2cc(C(C)C)ccc2C)cc1. The van der Waals surface area contributed by atoms with E-state index in [0.717, 1.165) is 11.1 Å². The number of benzene rings is 2. The average Bonchev–Trinajstić information content (AvgIpc) is 2.57. The van der Waals surface area contributed by atoms with Gasteiger partial charge in [-0.3, -0.25) is 5.32 Å². The lowest BCUT2D eigenvalue weighted by Gasteiger charge is -2.12. The summed E-state index contributed by atoms with van der Waals surface area (Å²) in [6.07, 6.45) is -0.576. The van der Waals surface area contributed by atoms with Gasteiger partial charge in [0.2, 0.25) is 0 Å². The molecule has 0 aliphatic rings. The molecule has 1 N–H and O–H groups in total. The summed E-state index contributed by atoms with van der Waals surface area (Å²) >= 11 is 0. The number of aryl methyl sites for hydroxylation is 1. The van der Waals surface area contributed by atoms with Gasteiger partial charge in [-0.2, -0.15) is 0 Å². The molecule has 0 unspecified atom stereocenters. The Morgan fingerprint density at radius 1 is 1.08 bits per heavy atom. The highest BCUT2D eigenvalue weighted by atomic mass is 16.6. The van der Waals surface area contributed by atoms with Gasteiger partial charge in [0.25, 0.3) is 0 Å². The fraction of sp³-hybridized carbons (Fsp3) is 0.300. The number of esters is 1. The van der Waals surface area contributed by atoms with Crippen LogP contribution in [0.25, 0.3) is 0 Å². The lowest BCUT2D eigenvalue weighted by Crippen LogP contribution is -2.17. The summed E-state index contributed by atoms with van der Waals surface area (Å²) in [4.78, 5) is 23.7. The van der Waals surface area contributed by atoms with E-state index in [4.69, 9.17) is 9.47 Å². The van der Waals surface area contributed by atoms with Crippen molar-refractivity contribution in [3.63, 3.8) is 0 Å². The molecule has 5 heteroatoms. The second-order valence-electron chi connectivity index (χ2n) is 5.99. The maximum atomic E-state index is 12.1. The van der Waals surface area contributed by atoms with Crippen molar-refractivity contribution in [3.05, 3.63) is 59.2 Å². The van der Waals surface area contributed by atoms with Gasteiger partial charge >= 0.3 is 12.1 Å². The van der Waals surface area contributed by atoms with Crippen molar-refractivity contribution in [1.82, 2.24) is 0 Å². The monoisotopic (exact) mass is 341 g/mol. The molecule has 0 radical (unpaired) electrons. The predicted octanol–water partition coefficient (Wildman–Crippen LogP) is 4.91. The molecule has 2 aromatic rings. The number of carbonyl (C=O) groups excluding carboxylic acids is 2. The summed E-state index contributed by atoms with van der Waals surface area (Å²) in [6, 6.07) is 12.3. The van der Waals surface area contributed by atoms with E-state index in [1.54, 1.807) is 31.2 Å². The van der Waals surface area contributed by atoms with E-state index >= 15 is 0 Å². The second-order valence-corrected chi connectivity index (χ2v) is 5.99. The van der Waals surface area contributed by atoms with Gasteiger partial charge in [-0.05, 0) is 61.2 Å². The van der Waals surface area contributed by atoms with Crippen LogP contribution in [0.2, 0.25) is 0 Å². The van der Waals surface area contributed by atoms with Gasteiger partial charge in [0.1, 0.15) is 5.75 Å². The zero-order valence-electron chi connectivity index (χ0n) is 15.0. The van der Waals surface area contributed by atoms with E-state index in [9.17, 15) is 9.59 Å². The molecule has 5 nitrogen and oxygen atoms in total. The Labute approximate surface area is 148 Å². The Morgan fingerprint density at radius 2 is 1.76 bits per heavy atom. The summed E-state index contributed by atoms with van der Waals surface area (Å²) in [5.41, 5.74) is 2.96. The second kappa shape index (κ2) is 8.33. The molecule has 0 saturated heterocycles. The highest BCUT2D eigenvalue weighted by Gasteiger charge is 2.11. The smallest absolute Gasteiger partial charge is 0.417 e. The number of anilines is 1. The Kier molecular flexibility index (Phi) is 6.17. The lowest BCUT2D eigenvalue weighted by atomic mass is 10.0. The molecule has 0 aromatic heterocycles.